The van der Waals surface area contributed by atoms with Gasteiger partial charge in [0, 0.05) is 18.7 Å². The van der Waals surface area contributed by atoms with Crippen LogP contribution < -0.4 is 5.32 Å². The largest absolute Gasteiger partial charge is 0.395 e. The van der Waals surface area contributed by atoms with Crippen LogP contribution in [0.2, 0.25) is 0 Å². The Morgan fingerprint density at radius 1 is 1.56 bits per heavy atom. The number of aliphatic hydroxyl groups excluding tert-OH is 1. The van der Waals surface area contributed by atoms with Gasteiger partial charge in [-0.2, -0.15) is 0 Å². The Labute approximate surface area is 103 Å². The van der Waals surface area contributed by atoms with Gasteiger partial charge in [0.15, 0.2) is 5.65 Å². The van der Waals surface area contributed by atoms with Gasteiger partial charge in [-0.1, -0.05) is 0 Å². The van der Waals surface area contributed by atoms with Crippen LogP contribution >= 0.6 is 0 Å². The Hall–Kier alpha value is -1.95. The second-order valence-electron chi connectivity index (χ2n) is 4.45. The van der Waals surface area contributed by atoms with E-state index in [4.69, 9.17) is 5.11 Å². The number of amides is 1. The smallest absolute Gasteiger partial charge is 0.255 e. The first-order chi connectivity index (χ1) is 8.79. The van der Waals surface area contributed by atoms with Crippen molar-refractivity contribution in [3.63, 3.8) is 0 Å². The van der Waals surface area contributed by atoms with Gasteiger partial charge in [0.05, 0.1) is 24.1 Å². The summed E-state index contributed by atoms with van der Waals surface area (Å²) in [6.07, 6.45) is 5.67. The molecule has 0 aliphatic heterocycles. The molecule has 1 aliphatic carbocycles. The van der Waals surface area contributed by atoms with E-state index >= 15 is 0 Å². The highest BCUT2D eigenvalue weighted by Gasteiger charge is 2.26. The topological polar surface area (TPSA) is 90.9 Å². The number of hydrogen-bond acceptors (Lipinski definition) is 4. The average molecular weight is 246 g/mol. The maximum atomic E-state index is 11.9. The maximum Gasteiger partial charge on any atom is 0.255 e. The number of aliphatic hydroxyl groups is 1. The third kappa shape index (κ3) is 1.95. The fourth-order valence-electron chi connectivity index (χ4n) is 1.92. The summed E-state index contributed by atoms with van der Waals surface area (Å²) in [6, 6.07) is 0. The van der Waals surface area contributed by atoms with E-state index < -0.39 is 0 Å². The number of nitrogens with zero attached hydrogens (tertiary/aromatic N) is 2. The van der Waals surface area contributed by atoms with Crippen molar-refractivity contribution in [2.24, 2.45) is 0 Å². The Morgan fingerprint density at radius 2 is 2.39 bits per heavy atom. The molecule has 18 heavy (non-hydrogen) atoms. The van der Waals surface area contributed by atoms with E-state index in [0.717, 1.165) is 18.5 Å². The summed E-state index contributed by atoms with van der Waals surface area (Å²) in [5, 5.41) is 11.3. The monoisotopic (exact) mass is 246 g/mol. The van der Waals surface area contributed by atoms with Crippen molar-refractivity contribution in [3.05, 3.63) is 23.7 Å². The molecule has 3 rings (SSSR count). The van der Waals surface area contributed by atoms with Gasteiger partial charge in [0.25, 0.3) is 5.91 Å². The molecule has 1 fully saturated rings. The van der Waals surface area contributed by atoms with E-state index in [2.05, 4.69) is 20.3 Å². The number of aromatic amines is 1. The van der Waals surface area contributed by atoms with Crippen LogP contribution in [0.1, 0.15) is 34.8 Å². The lowest BCUT2D eigenvalue weighted by molar-refractivity contribution is 0.0946. The molecule has 94 valence electrons. The summed E-state index contributed by atoms with van der Waals surface area (Å²) in [5.74, 6) is 0.266. The molecule has 2 aromatic rings. The number of carbonyl (C=O) groups is 1. The minimum Gasteiger partial charge on any atom is -0.395 e. The summed E-state index contributed by atoms with van der Waals surface area (Å²) in [7, 11) is 0. The molecule has 0 aromatic carbocycles. The molecule has 0 bridgehead atoms. The van der Waals surface area contributed by atoms with Crippen molar-refractivity contribution in [2.45, 2.75) is 18.8 Å². The predicted molar refractivity (Wildman–Crippen MR) is 65.3 cm³/mol. The lowest BCUT2D eigenvalue weighted by Crippen LogP contribution is -2.26. The first kappa shape index (κ1) is 11.2. The fraction of sp³-hybridized carbons (Fsp3) is 0.417. The lowest BCUT2D eigenvalue weighted by atomic mass is 10.2. The van der Waals surface area contributed by atoms with Crippen molar-refractivity contribution in [1.29, 1.82) is 0 Å². The number of H-pyrrole nitrogens is 1. The summed E-state index contributed by atoms with van der Waals surface area (Å²) in [5.41, 5.74) is 2.66. The summed E-state index contributed by atoms with van der Waals surface area (Å²) in [6.45, 7) is 0.161. The van der Waals surface area contributed by atoms with Crippen LogP contribution in [0.3, 0.4) is 0 Å². The average Bonchev–Trinajstić information content (AvgIpc) is 3.15. The van der Waals surface area contributed by atoms with E-state index in [0.29, 0.717) is 22.6 Å². The number of hydrogen-bond donors (Lipinski definition) is 3. The fourth-order valence-corrected chi connectivity index (χ4v) is 1.92. The molecule has 0 unspecified atom stereocenters. The lowest BCUT2D eigenvalue weighted by Gasteiger charge is -2.02. The van der Waals surface area contributed by atoms with Crippen LogP contribution in [0.15, 0.2) is 12.4 Å². The van der Waals surface area contributed by atoms with Crippen molar-refractivity contribution < 1.29 is 9.90 Å². The molecule has 6 nitrogen and oxygen atoms in total. The molecule has 2 aromatic heterocycles. The van der Waals surface area contributed by atoms with Crippen LogP contribution in [0.5, 0.6) is 0 Å². The number of nitrogens with one attached hydrogen (secondary N) is 2. The number of carbonyl (C=O) groups excluding carboxylic acids is 1. The molecule has 1 saturated carbocycles. The van der Waals surface area contributed by atoms with Gasteiger partial charge in [0.1, 0.15) is 5.52 Å². The minimum absolute atomic E-state index is 0.0763. The minimum atomic E-state index is -0.238. The van der Waals surface area contributed by atoms with Crippen LogP contribution in [-0.4, -0.2) is 39.1 Å². The predicted octanol–water partition coefficient (Wildman–Crippen LogP) is 0.557. The second-order valence-corrected chi connectivity index (χ2v) is 4.45. The van der Waals surface area contributed by atoms with Gasteiger partial charge in [-0.25, -0.2) is 9.97 Å². The molecule has 2 heterocycles. The van der Waals surface area contributed by atoms with Gasteiger partial charge in [0.2, 0.25) is 0 Å². The standard InChI is InChI=1S/C12H14N4O2/c17-4-3-13-12(18)8-5-14-11-10(8)16-9(6-15-11)7-1-2-7/h5-7,17H,1-4H2,(H,13,18)(H,14,15). The number of aromatic nitrogens is 3. The Morgan fingerprint density at radius 3 is 3.11 bits per heavy atom. The van der Waals surface area contributed by atoms with E-state index in [9.17, 15) is 4.79 Å². The highest BCUT2D eigenvalue weighted by molar-refractivity contribution is 6.04. The van der Waals surface area contributed by atoms with E-state index in [-0.39, 0.29) is 19.1 Å². The van der Waals surface area contributed by atoms with Crippen LogP contribution in [-0.2, 0) is 0 Å². The Kier molecular flexibility index (Phi) is 2.71. The Bertz CT molecular complexity index is 589. The van der Waals surface area contributed by atoms with Crippen molar-refractivity contribution >= 4 is 17.1 Å². The summed E-state index contributed by atoms with van der Waals surface area (Å²) >= 11 is 0. The van der Waals surface area contributed by atoms with Crippen LogP contribution in [0.4, 0.5) is 0 Å². The van der Waals surface area contributed by atoms with Crippen LogP contribution in [0, 0.1) is 0 Å². The zero-order valence-corrected chi connectivity index (χ0v) is 9.81. The van der Waals surface area contributed by atoms with E-state index in [1.54, 1.807) is 12.4 Å². The molecular formula is C12H14N4O2. The van der Waals surface area contributed by atoms with Gasteiger partial charge in [-0.15, -0.1) is 0 Å². The third-order valence-electron chi connectivity index (χ3n) is 3.04. The van der Waals surface area contributed by atoms with E-state index in [1.165, 1.54) is 0 Å². The van der Waals surface area contributed by atoms with Gasteiger partial charge >= 0.3 is 0 Å². The maximum absolute atomic E-state index is 11.9. The molecule has 6 heteroatoms. The third-order valence-corrected chi connectivity index (χ3v) is 3.04. The highest BCUT2D eigenvalue weighted by atomic mass is 16.3. The van der Waals surface area contributed by atoms with Gasteiger partial charge in [-0.05, 0) is 12.8 Å². The first-order valence-corrected chi connectivity index (χ1v) is 6.02. The zero-order chi connectivity index (χ0) is 12.5. The van der Waals surface area contributed by atoms with E-state index in [1.807, 2.05) is 0 Å². The van der Waals surface area contributed by atoms with Gasteiger partial charge < -0.3 is 15.4 Å². The molecule has 0 radical (unpaired) electrons. The number of fused-ring (bicyclic) bond motifs is 1. The van der Waals surface area contributed by atoms with Crippen molar-refractivity contribution in [3.8, 4) is 0 Å². The van der Waals surface area contributed by atoms with Gasteiger partial charge in [-0.3, -0.25) is 4.79 Å². The highest BCUT2D eigenvalue weighted by Crippen LogP contribution is 2.39. The SMILES string of the molecule is O=C(NCCO)c1c[nH]c2ncc(C3CC3)nc12. The van der Waals surface area contributed by atoms with Crippen molar-refractivity contribution in [1.82, 2.24) is 20.3 Å². The molecule has 0 spiro atoms. The molecule has 1 amide bonds. The Balaban J connectivity index is 1.95. The zero-order valence-electron chi connectivity index (χ0n) is 9.81. The molecule has 3 N–H and O–H groups in total. The summed E-state index contributed by atoms with van der Waals surface area (Å²) in [4.78, 5) is 23.6. The first-order valence-electron chi connectivity index (χ1n) is 6.02. The molecule has 0 saturated heterocycles. The van der Waals surface area contributed by atoms with Crippen LogP contribution in [0.25, 0.3) is 11.2 Å². The quantitative estimate of drug-likeness (QED) is 0.735. The molecule has 1 aliphatic rings. The molecular weight excluding hydrogens is 232 g/mol. The van der Waals surface area contributed by atoms with Crippen molar-refractivity contribution in [2.75, 3.05) is 13.2 Å². The normalized spacial score (nSPS) is 14.9. The second kappa shape index (κ2) is 4.38. The molecule has 0 atom stereocenters. The summed E-state index contributed by atoms with van der Waals surface area (Å²) < 4.78 is 0. The number of rotatable bonds is 4.